The van der Waals surface area contributed by atoms with Crippen LogP contribution < -0.4 is 15.4 Å². The highest BCUT2D eigenvalue weighted by atomic mass is 16.5. The van der Waals surface area contributed by atoms with Crippen LogP contribution in [0.3, 0.4) is 0 Å². The molecule has 0 fully saturated rings. The Balaban J connectivity index is 1.92. The topological polar surface area (TPSA) is 63.2 Å². The van der Waals surface area contributed by atoms with E-state index in [0.29, 0.717) is 17.1 Å². The normalized spacial score (nSPS) is 14.8. The summed E-state index contributed by atoms with van der Waals surface area (Å²) in [6.07, 6.45) is 3.32. The Labute approximate surface area is 116 Å². The van der Waals surface area contributed by atoms with Crippen molar-refractivity contribution in [3.8, 4) is 5.75 Å². The van der Waals surface area contributed by atoms with Crippen LogP contribution in [0.2, 0.25) is 0 Å². The molecular weight excluding hydrogens is 254 g/mol. The second-order valence-corrected chi connectivity index (χ2v) is 4.26. The van der Waals surface area contributed by atoms with Crippen molar-refractivity contribution in [2.24, 2.45) is 0 Å². The molecule has 0 radical (unpaired) electrons. The largest absolute Gasteiger partial charge is 0.495 e. The van der Waals surface area contributed by atoms with Crippen LogP contribution in [-0.2, 0) is 4.79 Å². The van der Waals surface area contributed by atoms with E-state index in [4.69, 9.17) is 4.74 Å². The van der Waals surface area contributed by atoms with Crippen LogP contribution in [0.5, 0.6) is 5.75 Å². The van der Waals surface area contributed by atoms with E-state index < -0.39 is 0 Å². The molecule has 1 aliphatic heterocycles. The van der Waals surface area contributed by atoms with E-state index in [1.54, 1.807) is 25.6 Å². The Morgan fingerprint density at radius 1 is 1.25 bits per heavy atom. The highest BCUT2D eigenvalue weighted by molar-refractivity contribution is 6.31. The molecule has 3 rings (SSSR count). The Morgan fingerprint density at radius 3 is 2.95 bits per heavy atom. The van der Waals surface area contributed by atoms with Crippen molar-refractivity contribution in [2.45, 2.75) is 0 Å². The van der Waals surface area contributed by atoms with Gasteiger partial charge in [-0.25, -0.2) is 4.98 Å². The van der Waals surface area contributed by atoms with E-state index in [1.165, 1.54) is 0 Å². The Hall–Kier alpha value is -2.82. The van der Waals surface area contributed by atoms with Crippen molar-refractivity contribution in [3.05, 3.63) is 54.4 Å². The lowest BCUT2D eigenvalue weighted by Crippen LogP contribution is -2.05. The first-order chi connectivity index (χ1) is 9.79. The minimum Gasteiger partial charge on any atom is -0.495 e. The molecule has 20 heavy (non-hydrogen) atoms. The number of carbonyl (C=O) groups is 1. The molecule has 0 bridgehead atoms. The molecule has 1 aromatic heterocycles. The second kappa shape index (κ2) is 5.05. The molecule has 0 spiro atoms. The fraction of sp³-hybridized carbons (Fsp3) is 0.0667. The number of rotatable bonds is 3. The molecule has 0 saturated carbocycles. The zero-order valence-electron chi connectivity index (χ0n) is 10.9. The van der Waals surface area contributed by atoms with Crippen LogP contribution in [0.15, 0.2) is 48.8 Å². The minimum absolute atomic E-state index is 0.166. The monoisotopic (exact) mass is 267 g/mol. The smallest absolute Gasteiger partial charge is 0.259 e. The summed E-state index contributed by atoms with van der Waals surface area (Å²) >= 11 is 0. The van der Waals surface area contributed by atoms with Gasteiger partial charge in [0.1, 0.15) is 11.6 Å². The van der Waals surface area contributed by atoms with Crippen molar-refractivity contribution in [2.75, 3.05) is 17.7 Å². The number of fused-ring (bicyclic) bond motifs is 1. The highest BCUT2D eigenvalue weighted by Crippen LogP contribution is 2.30. The molecule has 5 nitrogen and oxygen atoms in total. The molecule has 0 unspecified atom stereocenters. The van der Waals surface area contributed by atoms with E-state index in [0.717, 1.165) is 11.3 Å². The van der Waals surface area contributed by atoms with Crippen molar-refractivity contribution in [1.82, 2.24) is 4.98 Å². The summed E-state index contributed by atoms with van der Waals surface area (Å²) in [5.41, 5.74) is 2.14. The number of ether oxygens (including phenoxy) is 1. The van der Waals surface area contributed by atoms with E-state index in [2.05, 4.69) is 15.6 Å². The fourth-order valence-corrected chi connectivity index (χ4v) is 2.08. The maximum absolute atomic E-state index is 11.9. The summed E-state index contributed by atoms with van der Waals surface area (Å²) in [6, 6.07) is 11.2. The number of methoxy groups -OCH3 is 1. The molecule has 0 atom stereocenters. The van der Waals surface area contributed by atoms with Crippen molar-refractivity contribution in [3.63, 3.8) is 0 Å². The number of para-hydroxylation sites is 2. The van der Waals surface area contributed by atoms with Crippen LogP contribution in [0, 0.1) is 0 Å². The van der Waals surface area contributed by atoms with Gasteiger partial charge >= 0.3 is 0 Å². The van der Waals surface area contributed by atoms with Gasteiger partial charge in [0, 0.05) is 18.0 Å². The maximum Gasteiger partial charge on any atom is 0.259 e. The van der Waals surface area contributed by atoms with Crippen molar-refractivity contribution < 1.29 is 9.53 Å². The van der Waals surface area contributed by atoms with Gasteiger partial charge in [0.2, 0.25) is 0 Å². The molecular formula is C15H13N3O2. The molecule has 2 heterocycles. The van der Waals surface area contributed by atoms with Gasteiger partial charge in [-0.05, 0) is 24.3 Å². The highest BCUT2D eigenvalue weighted by Gasteiger charge is 2.24. The third-order valence-corrected chi connectivity index (χ3v) is 3.05. The number of nitrogens with one attached hydrogen (secondary N) is 2. The third kappa shape index (κ3) is 2.09. The lowest BCUT2D eigenvalue weighted by Gasteiger charge is -2.07. The van der Waals surface area contributed by atoms with Gasteiger partial charge in [0.05, 0.1) is 18.4 Å². The van der Waals surface area contributed by atoms with Gasteiger partial charge in [-0.1, -0.05) is 12.1 Å². The van der Waals surface area contributed by atoms with E-state index in [9.17, 15) is 4.79 Å². The Morgan fingerprint density at radius 2 is 2.10 bits per heavy atom. The van der Waals surface area contributed by atoms with E-state index >= 15 is 0 Å². The van der Waals surface area contributed by atoms with Gasteiger partial charge < -0.3 is 15.4 Å². The summed E-state index contributed by atoms with van der Waals surface area (Å²) in [5, 5.41) is 5.82. The zero-order valence-corrected chi connectivity index (χ0v) is 10.9. The fourth-order valence-electron chi connectivity index (χ4n) is 2.08. The molecule has 2 aromatic rings. The number of benzene rings is 1. The van der Waals surface area contributed by atoms with Gasteiger partial charge in [-0.2, -0.15) is 0 Å². The van der Waals surface area contributed by atoms with E-state index in [-0.39, 0.29) is 5.91 Å². The number of carbonyl (C=O) groups excluding carboxylic acids is 1. The standard InChI is InChI=1S/C15H13N3O2/c1-20-13-7-3-2-6-12(13)17-9-11-10-5-4-8-16-14(10)18-15(11)19/h2-9,17H,1H3,(H,16,18,19)/b11-9-. The Bertz CT molecular complexity index is 695. The first-order valence-corrected chi connectivity index (χ1v) is 6.16. The summed E-state index contributed by atoms with van der Waals surface area (Å²) < 4.78 is 5.25. The summed E-state index contributed by atoms with van der Waals surface area (Å²) in [7, 11) is 1.61. The second-order valence-electron chi connectivity index (χ2n) is 4.26. The zero-order chi connectivity index (χ0) is 13.9. The maximum atomic E-state index is 11.9. The predicted octanol–water partition coefficient (Wildman–Crippen LogP) is 2.50. The SMILES string of the molecule is COc1ccccc1N/C=C1\C(=O)Nc2ncccc21. The van der Waals surface area contributed by atoms with Gasteiger partial charge in [0.25, 0.3) is 5.91 Å². The number of aromatic nitrogens is 1. The molecule has 1 aliphatic rings. The van der Waals surface area contributed by atoms with Crippen LogP contribution in [-0.4, -0.2) is 18.0 Å². The van der Waals surface area contributed by atoms with Crippen LogP contribution in [0.1, 0.15) is 5.56 Å². The number of amides is 1. The van der Waals surface area contributed by atoms with Gasteiger partial charge in [0.15, 0.2) is 0 Å². The van der Waals surface area contributed by atoms with Gasteiger partial charge in [-0.3, -0.25) is 4.79 Å². The summed E-state index contributed by atoms with van der Waals surface area (Å²) in [6.45, 7) is 0. The van der Waals surface area contributed by atoms with Crippen molar-refractivity contribution >= 4 is 23.0 Å². The third-order valence-electron chi connectivity index (χ3n) is 3.05. The molecule has 0 aliphatic carbocycles. The van der Waals surface area contributed by atoms with Crippen molar-refractivity contribution in [1.29, 1.82) is 0 Å². The number of nitrogens with zero attached hydrogens (tertiary/aromatic N) is 1. The molecule has 5 heteroatoms. The average Bonchev–Trinajstić information content (AvgIpc) is 2.81. The molecule has 100 valence electrons. The van der Waals surface area contributed by atoms with Crippen LogP contribution >= 0.6 is 0 Å². The lowest BCUT2D eigenvalue weighted by molar-refractivity contribution is -0.110. The molecule has 1 aromatic carbocycles. The molecule has 1 amide bonds. The predicted molar refractivity (Wildman–Crippen MR) is 77.5 cm³/mol. The molecule has 0 saturated heterocycles. The number of pyridine rings is 1. The first kappa shape index (κ1) is 12.2. The van der Waals surface area contributed by atoms with Crippen LogP contribution in [0.4, 0.5) is 11.5 Å². The molecule has 2 N–H and O–H groups in total. The Kier molecular flexibility index (Phi) is 3.09. The van der Waals surface area contributed by atoms with Crippen LogP contribution in [0.25, 0.3) is 5.57 Å². The van der Waals surface area contributed by atoms with E-state index in [1.807, 2.05) is 30.3 Å². The average molecular weight is 267 g/mol. The van der Waals surface area contributed by atoms with Gasteiger partial charge in [-0.15, -0.1) is 0 Å². The number of anilines is 2. The quantitative estimate of drug-likeness (QED) is 0.839. The number of hydrogen-bond acceptors (Lipinski definition) is 4. The minimum atomic E-state index is -0.166. The lowest BCUT2D eigenvalue weighted by atomic mass is 10.1. The first-order valence-electron chi connectivity index (χ1n) is 6.16. The summed E-state index contributed by atoms with van der Waals surface area (Å²) in [5.74, 6) is 1.14. The number of hydrogen-bond donors (Lipinski definition) is 2. The summed E-state index contributed by atoms with van der Waals surface area (Å²) in [4.78, 5) is 16.0.